The second-order valence-corrected chi connectivity index (χ2v) is 4.18. The van der Waals surface area contributed by atoms with Gasteiger partial charge < -0.3 is 9.47 Å². The maximum atomic E-state index is 5.54. The molecule has 0 spiro atoms. The molecule has 1 heterocycles. The second kappa shape index (κ2) is 3.81. The summed E-state index contributed by atoms with van der Waals surface area (Å²) in [6, 6.07) is 0. The third-order valence-electron chi connectivity index (χ3n) is 3.04. The fourth-order valence-electron chi connectivity index (χ4n) is 2.29. The molecule has 2 atom stereocenters. The molecule has 0 radical (unpaired) electrons. The maximum Gasteiger partial charge on any atom is 0.164 e. The van der Waals surface area contributed by atoms with Gasteiger partial charge in [-0.1, -0.05) is 18.6 Å². The average molecular weight is 182 g/mol. The molecule has 0 bridgehead atoms. The fraction of sp³-hybridized carbons (Fsp3) is 0.818. The molecule has 1 aliphatic heterocycles. The van der Waals surface area contributed by atoms with Gasteiger partial charge in [0.05, 0.1) is 13.2 Å². The molecule has 1 aliphatic carbocycles. The van der Waals surface area contributed by atoms with Crippen LogP contribution in [0.15, 0.2) is 11.6 Å². The van der Waals surface area contributed by atoms with E-state index in [0.29, 0.717) is 5.92 Å². The van der Waals surface area contributed by atoms with E-state index in [1.54, 1.807) is 0 Å². The van der Waals surface area contributed by atoms with Gasteiger partial charge in [0.25, 0.3) is 0 Å². The van der Waals surface area contributed by atoms with E-state index in [0.717, 1.165) is 19.1 Å². The summed E-state index contributed by atoms with van der Waals surface area (Å²) in [6.45, 7) is 6.01. The van der Waals surface area contributed by atoms with E-state index in [-0.39, 0.29) is 6.29 Å². The van der Waals surface area contributed by atoms with Gasteiger partial charge in [-0.2, -0.15) is 0 Å². The lowest BCUT2D eigenvalue weighted by atomic mass is 9.83. The molecular weight excluding hydrogens is 164 g/mol. The minimum atomic E-state index is 0.0451. The lowest BCUT2D eigenvalue weighted by Gasteiger charge is -2.28. The summed E-state index contributed by atoms with van der Waals surface area (Å²) in [5, 5.41) is 0. The molecule has 0 amide bonds. The van der Waals surface area contributed by atoms with Crippen molar-refractivity contribution in [3.63, 3.8) is 0 Å². The molecule has 0 saturated carbocycles. The van der Waals surface area contributed by atoms with Gasteiger partial charge in [-0.15, -0.1) is 0 Å². The summed E-state index contributed by atoms with van der Waals surface area (Å²) in [4.78, 5) is 0. The standard InChI is InChI=1S/C11H18O2/c1-8-3-4-10(9(2)7-8)11-12-5-6-13-11/h7-8,10-11H,3-6H2,1-2H3. The Balaban J connectivity index is 2.02. The van der Waals surface area contributed by atoms with Crippen LogP contribution in [0.1, 0.15) is 26.7 Å². The lowest BCUT2D eigenvalue weighted by molar-refractivity contribution is -0.0773. The first-order valence-corrected chi connectivity index (χ1v) is 5.19. The van der Waals surface area contributed by atoms with Crippen molar-refractivity contribution in [1.29, 1.82) is 0 Å². The van der Waals surface area contributed by atoms with Crippen molar-refractivity contribution in [2.24, 2.45) is 11.8 Å². The topological polar surface area (TPSA) is 18.5 Å². The molecule has 2 aliphatic rings. The van der Waals surface area contributed by atoms with Crippen LogP contribution in [0.5, 0.6) is 0 Å². The Labute approximate surface area is 79.9 Å². The minimum Gasteiger partial charge on any atom is -0.350 e. The highest BCUT2D eigenvalue weighted by atomic mass is 16.7. The summed E-state index contributed by atoms with van der Waals surface area (Å²) >= 11 is 0. The number of hydrogen-bond acceptors (Lipinski definition) is 2. The van der Waals surface area contributed by atoms with E-state index in [4.69, 9.17) is 9.47 Å². The summed E-state index contributed by atoms with van der Waals surface area (Å²) in [5.41, 5.74) is 1.45. The van der Waals surface area contributed by atoms with Crippen molar-refractivity contribution < 1.29 is 9.47 Å². The number of rotatable bonds is 1. The summed E-state index contributed by atoms with van der Waals surface area (Å²) in [6.07, 6.45) is 4.89. The number of hydrogen-bond donors (Lipinski definition) is 0. The normalized spacial score (nSPS) is 36.3. The van der Waals surface area contributed by atoms with Crippen LogP contribution in [0.3, 0.4) is 0 Å². The van der Waals surface area contributed by atoms with Crippen LogP contribution < -0.4 is 0 Å². The predicted molar refractivity (Wildman–Crippen MR) is 51.3 cm³/mol. The zero-order valence-electron chi connectivity index (χ0n) is 8.45. The van der Waals surface area contributed by atoms with E-state index < -0.39 is 0 Å². The van der Waals surface area contributed by atoms with E-state index in [2.05, 4.69) is 19.9 Å². The van der Waals surface area contributed by atoms with Crippen LogP contribution >= 0.6 is 0 Å². The Hall–Kier alpha value is -0.340. The van der Waals surface area contributed by atoms with E-state index in [1.165, 1.54) is 18.4 Å². The molecule has 2 heteroatoms. The Bertz CT molecular complexity index is 204. The van der Waals surface area contributed by atoms with Crippen LogP contribution in [0.25, 0.3) is 0 Å². The third kappa shape index (κ3) is 1.94. The Kier molecular flexibility index (Phi) is 2.70. The van der Waals surface area contributed by atoms with Crippen molar-refractivity contribution in [3.05, 3.63) is 11.6 Å². The molecule has 2 rings (SSSR count). The molecule has 1 fully saturated rings. The number of ether oxygens (including phenoxy) is 2. The van der Waals surface area contributed by atoms with Crippen LogP contribution in [-0.4, -0.2) is 19.5 Å². The zero-order chi connectivity index (χ0) is 9.26. The lowest BCUT2D eigenvalue weighted by Crippen LogP contribution is -2.25. The van der Waals surface area contributed by atoms with Crippen molar-refractivity contribution in [2.45, 2.75) is 33.0 Å². The second-order valence-electron chi connectivity index (χ2n) is 4.18. The maximum absolute atomic E-state index is 5.54. The first-order valence-electron chi connectivity index (χ1n) is 5.19. The molecular formula is C11H18O2. The monoisotopic (exact) mass is 182 g/mol. The van der Waals surface area contributed by atoms with E-state index >= 15 is 0 Å². The quantitative estimate of drug-likeness (QED) is 0.579. The van der Waals surface area contributed by atoms with Crippen LogP contribution in [0.4, 0.5) is 0 Å². The van der Waals surface area contributed by atoms with Crippen molar-refractivity contribution in [3.8, 4) is 0 Å². The average Bonchev–Trinajstić information content (AvgIpc) is 2.56. The molecule has 13 heavy (non-hydrogen) atoms. The first kappa shape index (κ1) is 9.22. The van der Waals surface area contributed by atoms with Crippen LogP contribution in [0.2, 0.25) is 0 Å². The van der Waals surface area contributed by atoms with Gasteiger partial charge in [-0.25, -0.2) is 0 Å². The molecule has 0 N–H and O–H groups in total. The van der Waals surface area contributed by atoms with Crippen molar-refractivity contribution in [2.75, 3.05) is 13.2 Å². The highest BCUT2D eigenvalue weighted by molar-refractivity contribution is 5.10. The molecule has 1 saturated heterocycles. The Morgan fingerprint density at radius 1 is 1.23 bits per heavy atom. The molecule has 2 nitrogen and oxygen atoms in total. The SMILES string of the molecule is CC1=CC(C)CCC1C1OCCO1. The predicted octanol–water partition coefficient (Wildman–Crippen LogP) is 2.35. The summed E-state index contributed by atoms with van der Waals surface area (Å²) < 4.78 is 11.1. The minimum absolute atomic E-state index is 0.0451. The number of allylic oxidation sites excluding steroid dienone is 1. The van der Waals surface area contributed by atoms with Crippen molar-refractivity contribution >= 4 is 0 Å². The molecule has 2 unspecified atom stereocenters. The summed E-state index contributed by atoms with van der Waals surface area (Å²) in [5.74, 6) is 1.25. The van der Waals surface area contributed by atoms with Crippen LogP contribution in [0, 0.1) is 11.8 Å². The zero-order valence-corrected chi connectivity index (χ0v) is 8.45. The molecule has 0 aromatic heterocycles. The fourth-order valence-corrected chi connectivity index (χ4v) is 2.29. The Morgan fingerprint density at radius 2 is 1.92 bits per heavy atom. The highest BCUT2D eigenvalue weighted by Gasteiger charge is 2.30. The van der Waals surface area contributed by atoms with Gasteiger partial charge in [0.1, 0.15) is 0 Å². The van der Waals surface area contributed by atoms with Crippen LogP contribution in [-0.2, 0) is 9.47 Å². The largest absolute Gasteiger partial charge is 0.350 e. The molecule has 74 valence electrons. The van der Waals surface area contributed by atoms with Gasteiger partial charge in [0.15, 0.2) is 6.29 Å². The van der Waals surface area contributed by atoms with E-state index in [9.17, 15) is 0 Å². The van der Waals surface area contributed by atoms with Gasteiger partial charge >= 0.3 is 0 Å². The molecule has 0 aromatic carbocycles. The summed E-state index contributed by atoms with van der Waals surface area (Å²) in [7, 11) is 0. The smallest absolute Gasteiger partial charge is 0.164 e. The van der Waals surface area contributed by atoms with Gasteiger partial charge in [-0.3, -0.25) is 0 Å². The Morgan fingerprint density at radius 3 is 2.54 bits per heavy atom. The first-order chi connectivity index (χ1) is 6.27. The van der Waals surface area contributed by atoms with Gasteiger partial charge in [0, 0.05) is 5.92 Å². The highest BCUT2D eigenvalue weighted by Crippen LogP contribution is 2.33. The van der Waals surface area contributed by atoms with Crippen molar-refractivity contribution in [1.82, 2.24) is 0 Å². The third-order valence-corrected chi connectivity index (χ3v) is 3.04. The van der Waals surface area contributed by atoms with E-state index in [1.807, 2.05) is 0 Å². The molecule has 0 aromatic rings. The van der Waals surface area contributed by atoms with Gasteiger partial charge in [0.2, 0.25) is 0 Å². The van der Waals surface area contributed by atoms with Gasteiger partial charge in [-0.05, 0) is 25.7 Å².